The number of rotatable bonds is 5. The molecule has 3 N–H and O–H groups in total. The van der Waals surface area contributed by atoms with E-state index in [-0.39, 0.29) is 18.4 Å². The summed E-state index contributed by atoms with van der Waals surface area (Å²) in [7, 11) is 0. The monoisotopic (exact) mass is 273 g/mol. The van der Waals surface area contributed by atoms with Crippen LogP contribution >= 0.6 is 0 Å². The van der Waals surface area contributed by atoms with Gasteiger partial charge in [-0.2, -0.15) is 9.90 Å². The van der Waals surface area contributed by atoms with Gasteiger partial charge in [0.1, 0.15) is 6.54 Å². The van der Waals surface area contributed by atoms with E-state index in [0.29, 0.717) is 6.42 Å². The number of nitrogens with one attached hydrogen (secondary N) is 1. The van der Waals surface area contributed by atoms with E-state index < -0.39 is 0 Å². The average molecular weight is 273 g/mol. The van der Waals surface area contributed by atoms with Gasteiger partial charge in [-0.15, -0.1) is 5.10 Å². The van der Waals surface area contributed by atoms with E-state index in [2.05, 4.69) is 25.9 Å². The summed E-state index contributed by atoms with van der Waals surface area (Å²) in [6, 6.07) is 9.65. The number of tetrazole rings is 1. The quantitative estimate of drug-likeness (QED) is 0.596. The van der Waals surface area contributed by atoms with Gasteiger partial charge in [0.05, 0.1) is 5.71 Å². The molecule has 20 heavy (non-hydrogen) atoms. The maximum atomic E-state index is 11.7. The second-order valence-corrected chi connectivity index (χ2v) is 3.99. The molecule has 0 atom stereocenters. The van der Waals surface area contributed by atoms with E-state index in [9.17, 15) is 4.79 Å². The Bertz CT molecular complexity index is 605. The molecule has 0 spiro atoms. The molecule has 2 rings (SSSR count). The van der Waals surface area contributed by atoms with E-state index >= 15 is 0 Å². The number of nitrogens with zero attached hydrogens (tertiary/aromatic N) is 5. The molecule has 1 amide bonds. The van der Waals surface area contributed by atoms with Gasteiger partial charge in [-0.3, -0.25) is 4.79 Å². The van der Waals surface area contributed by atoms with Crippen molar-refractivity contribution in [1.82, 2.24) is 25.6 Å². The number of hydrogen-bond donors (Lipinski definition) is 2. The number of benzene rings is 1. The Morgan fingerprint density at radius 1 is 1.40 bits per heavy atom. The topological polar surface area (TPSA) is 111 Å². The fourth-order valence-electron chi connectivity index (χ4n) is 1.59. The zero-order chi connectivity index (χ0) is 14.4. The molecule has 0 fully saturated rings. The molecule has 1 heterocycles. The molecule has 0 aliphatic carbocycles. The molecular weight excluding hydrogens is 258 g/mol. The van der Waals surface area contributed by atoms with Crippen LogP contribution in [0.25, 0.3) is 0 Å². The fraction of sp³-hybridized carbons (Fsp3) is 0.250. The van der Waals surface area contributed by atoms with E-state index in [1.165, 1.54) is 0 Å². The van der Waals surface area contributed by atoms with Gasteiger partial charge in [-0.25, -0.2) is 5.43 Å². The number of carbonyl (C=O) groups excluding carboxylic acids is 1. The van der Waals surface area contributed by atoms with Crippen LogP contribution in [0, 0.1) is 0 Å². The number of anilines is 1. The zero-order valence-corrected chi connectivity index (χ0v) is 11.0. The third kappa shape index (κ3) is 3.61. The molecule has 0 saturated carbocycles. The Morgan fingerprint density at radius 3 is 2.75 bits per heavy atom. The lowest BCUT2D eigenvalue weighted by Gasteiger charge is -2.04. The highest BCUT2D eigenvalue weighted by molar-refractivity contribution is 6.00. The highest BCUT2D eigenvalue weighted by Gasteiger charge is 2.06. The number of amides is 1. The molecule has 2 aromatic rings. The first-order chi connectivity index (χ1) is 9.69. The molecule has 0 saturated heterocycles. The minimum Gasteiger partial charge on any atom is -0.365 e. The Morgan fingerprint density at radius 2 is 2.15 bits per heavy atom. The maximum absolute atomic E-state index is 11.7. The first-order valence-corrected chi connectivity index (χ1v) is 6.13. The molecule has 8 heteroatoms. The molecular formula is C12H15N7O. The summed E-state index contributed by atoms with van der Waals surface area (Å²) < 4.78 is 0. The van der Waals surface area contributed by atoms with Crippen molar-refractivity contribution < 1.29 is 4.79 Å². The van der Waals surface area contributed by atoms with Crippen molar-refractivity contribution in [2.24, 2.45) is 5.10 Å². The van der Waals surface area contributed by atoms with Crippen LogP contribution in [-0.4, -0.2) is 31.8 Å². The lowest BCUT2D eigenvalue weighted by molar-refractivity contribution is -0.122. The Kier molecular flexibility index (Phi) is 4.38. The highest BCUT2D eigenvalue weighted by Crippen LogP contribution is 2.03. The minimum atomic E-state index is -0.343. The van der Waals surface area contributed by atoms with Crippen LogP contribution in [0.2, 0.25) is 0 Å². The molecule has 0 bridgehead atoms. The predicted molar refractivity (Wildman–Crippen MR) is 73.6 cm³/mol. The third-order valence-corrected chi connectivity index (χ3v) is 2.51. The molecule has 0 radical (unpaired) electrons. The van der Waals surface area contributed by atoms with Gasteiger partial charge in [-0.1, -0.05) is 42.4 Å². The first kappa shape index (κ1) is 13.7. The summed E-state index contributed by atoms with van der Waals surface area (Å²) in [4.78, 5) is 12.8. The maximum Gasteiger partial charge on any atom is 0.263 e. The summed E-state index contributed by atoms with van der Waals surface area (Å²) in [5, 5.41) is 14.9. The van der Waals surface area contributed by atoms with Crippen LogP contribution in [0.1, 0.15) is 18.9 Å². The molecule has 1 aromatic carbocycles. The normalized spacial score (nSPS) is 11.3. The summed E-state index contributed by atoms with van der Waals surface area (Å²) in [5.74, 6) is -0.316. The smallest absolute Gasteiger partial charge is 0.263 e. The highest BCUT2D eigenvalue weighted by atomic mass is 16.2. The van der Waals surface area contributed by atoms with Crippen LogP contribution in [0.4, 0.5) is 5.95 Å². The summed E-state index contributed by atoms with van der Waals surface area (Å²) in [6.45, 7) is 1.89. The molecule has 0 unspecified atom stereocenters. The average Bonchev–Trinajstić information content (AvgIpc) is 2.86. The van der Waals surface area contributed by atoms with Gasteiger partial charge < -0.3 is 5.73 Å². The van der Waals surface area contributed by atoms with E-state index in [0.717, 1.165) is 16.1 Å². The van der Waals surface area contributed by atoms with Gasteiger partial charge >= 0.3 is 0 Å². The Labute approximate surface area is 115 Å². The number of hydrogen-bond acceptors (Lipinski definition) is 6. The van der Waals surface area contributed by atoms with Crippen LogP contribution in [0.15, 0.2) is 35.4 Å². The fourth-order valence-corrected chi connectivity index (χ4v) is 1.59. The van der Waals surface area contributed by atoms with Crippen molar-refractivity contribution in [2.75, 3.05) is 5.73 Å². The zero-order valence-electron chi connectivity index (χ0n) is 11.0. The van der Waals surface area contributed by atoms with Gasteiger partial charge in [0.2, 0.25) is 0 Å². The van der Waals surface area contributed by atoms with Crippen molar-refractivity contribution in [3.8, 4) is 0 Å². The third-order valence-electron chi connectivity index (χ3n) is 2.51. The number of nitrogen functional groups attached to an aromatic ring is 1. The number of aromatic nitrogens is 4. The lowest BCUT2D eigenvalue weighted by Crippen LogP contribution is -2.25. The van der Waals surface area contributed by atoms with Crippen molar-refractivity contribution in [2.45, 2.75) is 19.9 Å². The van der Waals surface area contributed by atoms with Gasteiger partial charge in [0.15, 0.2) is 0 Å². The first-order valence-electron chi connectivity index (χ1n) is 6.13. The number of carbonyl (C=O) groups is 1. The minimum absolute atomic E-state index is 0.0276. The van der Waals surface area contributed by atoms with Crippen molar-refractivity contribution in [3.63, 3.8) is 0 Å². The van der Waals surface area contributed by atoms with Gasteiger partial charge in [0, 0.05) is 0 Å². The van der Waals surface area contributed by atoms with Crippen LogP contribution < -0.4 is 11.2 Å². The second kappa shape index (κ2) is 6.41. The van der Waals surface area contributed by atoms with E-state index in [4.69, 9.17) is 5.73 Å². The molecule has 104 valence electrons. The number of hydrazone groups is 1. The Balaban J connectivity index is 1.98. The molecule has 1 aromatic heterocycles. The Hall–Kier alpha value is -2.77. The molecule has 0 aliphatic heterocycles. The van der Waals surface area contributed by atoms with Gasteiger partial charge in [-0.05, 0) is 17.2 Å². The molecule has 8 nitrogen and oxygen atoms in total. The standard InChI is InChI=1S/C12H15N7O/c1-2-10(9-6-4-3-5-7-9)14-15-11(20)8-19-17-12(13)16-18-19/h3-7H,2,8H2,1H3,(H2,13,17)(H,15,20). The summed E-state index contributed by atoms with van der Waals surface area (Å²) in [5.41, 5.74) is 9.55. The predicted octanol–water partition coefficient (Wildman–Crippen LogP) is 0.186. The van der Waals surface area contributed by atoms with Crippen LogP contribution in [0.5, 0.6) is 0 Å². The van der Waals surface area contributed by atoms with Crippen molar-refractivity contribution in [3.05, 3.63) is 35.9 Å². The number of nitrogens with two attached hydrogens (primary N) is 1. The lowest BCUT2D eigenvalue weighted by atomic mass is 10.1. The van der Waals surface area contributed by atoms with Crippen molar-refractivity contribution in [1.29, 1.82) is 0 Å². The molecule has 0 aliphatic rings. The van der Waals surface area contributed by atoms with Crippen LogP contribution in [0.3, 0.4) is 0 Å². The van der Waals surface area contributed by atoms with Gasteiger partial charge in [0.25, 0.3) is 11.9 Å². The van der Waals surface area contributed by atoms with Crippen molar-refractivity contribution >= 4 is 17.6 Å². The second-order valence-electron chi connectivity index (χ2n) is 3.99. The summed E-state index contributed by atoms with van der Waals surface area (Å²) in [6.07, 6.45) is 0.707. The summed E-state index contributed by atoms with van der Waals surface area (Å²) >= 11 is 0. The SMILES string of the molecule is CCC(=NNC(=O)Cn1nnc(N)n1)c1ccccc1. The largest absolute Gasteiger partial charge is 0.365 e. The van der Waals surface area contributed by atoms with E-state index in [1.807, 2.05) is 37.3 Å². The van der Waals surface area contributed by atoms with Crippen LogP contribution in [-0.2, 0) is 11.3 Å². The van der Waals surface area contributed by atoms with E-state index in [1.54, 1.807) is 0 Å².